The third kappa shape index (κ3) is 8.12. The predicted molar refractivity (Wildman–Crippen MR) is 77.5 cm³/mol. The first-order valence-corrected chi connectivity index (χ1v) is 7.51. The first kappa shape index (κ1) is 18.3. The summed E-state index contributed by atoms with van der Waals surface area (Å²) < 4.78 is 10.2. The van der Waals surface area contributed by atoms with Gasteiger partial charge < -0.3 is 9.99 Å². The molecule has 3 heteroatoms. The van der Waals surface area contributed by atoms with Crippen molar-refractivity contribution in [3.63, 3.8) is 0 Å². The molecule has 0 aliphatic heterocycles. The summed E-state index contributed by atoms with van der Waals surface area (Å²) in [4.78, 5) is 0. The molecule has 19 heavy (non-hydrogen) atoms. The average Bonchev–Trinajstić information content (AvgIpc) is 2.24. The Balaban J connectivity index is 4.70. The Morgan fingerprint density at radius 3 is 2.11 bits per heavy atom. The number of rotatable bonds is 7. The highest BCUT2D eigenvalue weighted by Crippen LogP contribution is 2.30. The van der Waals surface area contributed by atoms with E-state index in [1.165, 1.54) is 0 Å². The third-order valence-corrected chi connectivity index (χ3v) is 3.15. The van der Waals surface area contributed by atoms with Crippen molar-refractivity contribution in [2.75, 3.05) is 0 Å². The minimum Gasteiger partial charge on any atom is -0.588 e. The summed E-state index contributed by atoms with van der Waals surface area (Å²) in [7, 11) is 0. The van der Waals surface area contributed by atoms with E-state index in [-0.39, 0.29) is 22.9 Å². The SMILES string of the molecule is CCCCC(CC)C(OC(C)(C)CC(C)(C)C)=[O+][O-]. The quantitative estimate of drug-likeness (QED) is 0.306. The summed E-state index contributed by atoms with van der Waals surface area (Å²) >= 11 is 0. The van der Waals surface area contributed by atoms with Crippen LogP contribution in [0.15, 0.2) is 0 Å². The molecule has 0 aliphatic carbocycles. The second-order valence-corrected chi connectivity index (χ2v) is 7.25. The zero-order chi connectivity index (χ0) is 15.1. The average molecular weight is 272 g/mol. The minimum atomic E-state index is -0.377. The van der Waals surface area contributed by atoms with Crippen LogP contribution in [0.25, 0.3) is 0 Å². The Hall–Kier alpha value is -0.730. The van der Waals surface area contributed by atoms with Gasteiger partial charge >= 0.3 is 5.97 Å². The second kappa shape index (κ2) is 7.76. The Morgan fingerprint density at radius 2 is 1.74 bits per heavy atom. The van der Waals surface area contributed by atoms with E-state index in [1.54, 1.807) is 0 Å². The van der Waals surface area contributed by atoms with E-state index in [9.17, 15) is 5.26 Å². The van der Waals surface area contributed by atoms with Gasteiger partial charge in [0.25, 0.3) is 0 Å². The summed E-state index contributed by atoms with van der Waals surface area (Å²) in [6.45, 7) is 14.8. The van der Waals surface area contributed by atoms with Crippen molar-refractivity contribution in [3.05, 3.63) is 0 Å². The van der Waals surface area contributed by atoms with Crippen LogP contribution in [0, 0.1) is 11.3 Å². The molecule has 0 saturated heterocycles. The van der Waals surface area contributed by atoms with Gasteiger partial charge in [0.1, 0.15) is 5.92 Å². The lowest BCUT2D eigenvalue weighted by Gasteiger charge is -2.28. The minimum absolute atomic E-state index is 0.108. The molecular weight excluding hydrogens is 240 g/mol. The van der Waals surface area contributed by atoms with E-state index < -0.39 is 0 Å². The van der Waals surface area contributed by atoms with Crippen LogP contribution >= 0.6 is 0 Å². The van der Waals surface area contributed by atoms with Crippen molar-refractivity contribution in [2.24, 2.45) is 11.3 Å². The van der Waals surface area contributed by atoms with Crippen LogP contribution in [-0.2, 0) is 9.31 Å². The molecule has 3 nitrogen and oxygen atoms in total. The molecule has 0 bridgehead atoms. The number of esters is 1. The maximum atomic E-state index is 11.0. The summed E-state index contributed by atoms with van der Waals surface area (Å²) in [5.41, 5.74) is -0.222. The van der Waals surface area contributed by atoms with Crippen molar-refractivity contribution in [2.45, 2.75) is 86.2 Å². The fourth-order valence-electron chi connectivity index (χ4n) is 2.69. The topological polar surface area (TPSA) is 43.6 Å². The molecule has 0 saturated carbocycles. The highest BCUT2D eigenvalue weighted by atomic mass is 17.1. The number of ether oxygens (including phenoxy) is 1. The lowest BCUT2D eigenvalue weighted by Crippen LogP contribution is -2.37. The molecule has 0 spiro atoms. The molecule has 0 aromatic heterocycles. The summed E-state index contributed by atoms with van der Waals surface area (Å²) in [5.74, 6) is 0.377. The normalized spacial score (nSPS) is 15.4. The second-order valence-electron chi connectivity index (χ2n) is 7.25. The molecule has 0 aromatic carbocycles. The first-order chi connectivity index (χ1) is 8.65. The van der Waals surface area contributed by atoms with Crippen molar-refractivity contribution in [1.29, 1.82) is 0 Å². The van der Waals surface area contributed by atoms with Crippen molar-refractivity contribution >= 4 is 5.97 Å². The van der Waals surface area contributed by atoms with Gasteiger partial charge in [-0.15, -0.1) is 0 Å². The Kier molecular flexibility index (Phi) is 7.46. The smallest absolute Gasteiger partial charge is 0.500 e. The zero-order valence-electron chi connectivity index (χ0n) is 13.8. The van der Waals surface area contributed by atoms with E-state index >= 15 is 0 Å². The van der Waals surface area contributed by atoms with E-state index in [2.05, 4.69) is 39.2 Å². The summed E-state index contributed by atoms with van der Waals surface area (Å²) in [6, 6.07) is 0. The number of hydrogen-bond acceptors (Lipinski definition) is 2. The molecule has 0 heterocycles. The molecule has 0 radical (unpaired) electrons. The van der Waals surface area contributed by atoms with Crippen LogP contribution in [0.1, 0.15) is 80.6 Å². The first-order valence-electron chi connectivity index (χ1n) is 7.51. The van der Waals surface area contributed by atoms with Gasteiger partial charge in [-0.2, -0.15) is 0 Å². The Morgan fingerprint density at radius 1 is 1.16 bits per heavy atom. The summed E-state index contributed by atoms with van der Waals surface area (Å²) in [5, 5.41) is 11.0. The number of hydrogen-bond donors (Lipinski definition) is 0. The molecule has 0 amide bonds. The lowest BCUT2D eigenvalue weighted by atomic mass is 9.83. The fraction of sp³-hybridized carbons (Fsp3) is 0.938. The molecule has 0 rings (SSSR count). The van der Waals surface area contributed by atoms with E-state index in [0.717, 1.165) is 32.1 Å². The van der Waals surface area contributed by atoms with E-state index in [4.69, 9.17) is 4.74 Å². The van der Waals surface area contributed by atoms with Gasteiger partial charge in [0.15, 0.2) is 5.60 Å². The highest BCUT2D eigenvalue weighted by Gasteiger charge is 2.38. The highest BCUT2D eigenvalue weighted by molar-refractivity contribution is 5.73. The van der Waals surface area contributed by atoms with Gasteiger partial charge in [0, 0.05) is 20.3 Å². The monoisotopic (exact) mass is 272 g/mol. The van der Waals surface area contributed by atoms with Crippen LogP contribution < -0.4 is 5.26 Å². The van der Waals surface area contributed by atoms with Crippen LogP contribution in [-0.4, -0.2) is 11.6 Å². The maximum Gasteiger partial charge on any atom is 0.500 e. The van der Waals surface area contributed by atoms with Gasteiger partial charge in [-0.3, -0.25) is 4.58 Å². The predicted octanol–water partition coefficient (Wildman–Crippen LogP) is 3.77. The summed E-state index contributed by atoms with van der Waals surface area (Å²) in [6.07, 6.45) is 4.92. The standard InChI is InChI=1S/C16H32O3/c1-8-10-11-13(9-2)14(19-17)18-16(6,7)12-15(3,4)5/h13H,8-12H2,1-7H3. The van der Waals surface area contributed by atoms with E-state index in [0.29, 0.717) is 0 Å². The van der Waals surface area contributed by atoms with Crippen molar-refractivity contribution in [3.8, 4) is 0 Å². The maximum absolute atomic E-state index is 11.0. The largest absolute Gasteiger partial charge is 0.588 e. The van der Waals surface area contributed by atoms with Crippen LogP contribution in [0.5, 0.6) is 0 Å². The van der Waals surface area contributed by atoms with Gasteiger partial charge in [0.2, 0.25) is 0 Å². The van der Waals surface area contributed by atoms with Crippen molar-refractivity contribution < 1.29 is 14.6 Å². The molecule has 0 fully saturated rings. The molecule has 114 valence electrons. The van der Waals surface area contributed by atoms with Crippen molar-refractivity contribution in [1.82, 2.24) is 0 Å². The molecular formula is C16H32O3. The van der Waals surface area contributed by atoms with Gasteiger partial charge in [0.05, 0.1) is 0 Å². The fourth-order valence-corrected chi connectivity index (χ4v) is 2.69. The molecule has 0 aliphatic rings. The van der Waals surface area contributed by atoms with Gasteiger partial charge in [-0.05, 0) is 18.3 Å². The number of carbonyl (C=O) groups excluding carboxylic acids is 1. The van der Waals surface area contributed by atoms with Crippen LogP contribution in [0.4, 0.5) is 0 Å². The van der Waals surface area contributed by atoms with Gasteiger partial charge in [-0.25, -0.2) is 0 Å². The van der Waals surface area contributed by atoms with Crippen LogP contribution in [0.3, 0.4) is 0 Å². The van der Waals surface area contributed by atoms with Crippen LogP contribution in [0.2, 0.25) is 0 Å². The molecule has 0 N–H and O–H groups in total. The molecule has 1 unspecified atom stereocenters. The Bertz CT molecular complexity index is 274. The third-order valence-electron chi connectivity index (χ3n) is 3.15. The molecule has 0 aromatic rings. The zero-order valence-corrected chi connectivity index (χ0v) is 13.8. The Labute approximate surface area is 119 Å². The van der Waals surface area contributed by atoms with Gasteiger partial charge in [-0.1, -0.05) is 47.5 Å². The molecule has 1 atom stereocenters. The van der Waals surface area contributed by atoms with E-state index in [1.807, 2.05) is 13.8 Å². The number of unbranched alkanes of at least 4 members (excludes halogenated alkanes) is 1. The lowest BCUT2D eigenvalue weighted by molar-refractivity contribution is -1.05.